The fourth-order valence-corrected chi connectivity index (χ4v) is 3.26. The molecule has 3 aromatic rings. The van der Waals surface area contributed by atoms with Gasteiger partial charge in [-0.1, -0.05) is 5.16 Å². The zero-order valence-electron chi connectivity index (χ0n) is 16.2. The Hall–Kier alpha value is -3.62. The van der Waals surface area contributed by atoms with Crippen LogP contribution in [0.4, 0.5) is 5.69 Å². The number of nitrogens with zero attached hydrogens (tertiary/aromatic N) is 4. The van der Waals surface area contributed by atoms with Gasteiger partial charge in [0.15, 0.2) is 11.5 Å². The number of rotatable bonds is 6. The van der Waals surface area contributed by atoms with Crippen molar-refractivity contribution in [2.45, 2.75) is 25.9 Å². The molecule has 150 valence electrons. The number of aromatic nitrogens is 3. The van der Waals surface area contributed by atoms with E-state index in [-0.39, 0.29) is 30.0 Å². The molecule has 1 fully saturated rings. The molecule has 0 spiro atoms. The van der Waals surface area contributed by atoms with Crippen molar-refractivity contribution in [1.29, 1.82) is 0 Å². The normalized spacial score (nSPS) is 16.3. The minimum Gasteiger partial charge on any atom is -0.497 e. The molecule has 1 aromatic carbocycles. The predicted octanol–water partition coefficient (Wildman–Crippen LogP) is 2.10. The van der Waals surface area contributed by atoms with E-state index in [1.165, 1.54) is 0 Å². The molecule has 0 aliphatic carbocycles. The minimum absolute atomic E-state index is 0.0479. The molecule has 1 unspecified atom stereocenters. The fourth-order valence-electron chi connectivity index (χ4n) is 3.26. The Morgan fingerprint density at radius 1 is 1.34 bits per heavy atom. The van der Waals surface area contributed by atoms with E-state index < -0.39 is 0 Å². The summed E-state index contributed by atoms with van der Waals surface area (Å²) in [5.41, 5.74) is 1.68. The molecule has 0 saturated carbocycles. The number of nitrogens with one attached hydrogen (secondary N) is 1. The van der Waals surface area contributed by atoms with Crippen LogP contribution in [0, 0.1) is 0 Å². The summed E-state index contributed by atoms with van der Waals surface area (Å²) < 4.78 is 12.2. The smallest absolute Gasteiger partial charge is 0.273 e. The monoisotopic (exact) mass is 395 g/mol. The van der Waals surface area contributed by atoms with Crippen LogP contribution in [0.15, 0.2) is 47.2 Å². The van der Waals surface area contributed by atoms with E-state index in [1.807, 2.05) is 25.3 Å². The first-order chi connectivity index (χ1) is 14.1. The number of carbonyl (C=O) groups is 2. The van der Waals surface area contributed by atoms with Crippen molar-refractivity contribution in [3.63, 3.8) is 0 Å². The summed E-state index contributed by atoms with van der Waals surface area (Å²) in [6.45, 7) is 3.11. The van der Waals surface area contributed by atoms with Crippen LogP contribution >= 0.6 is 0 Å². The highest BCUT2D eigenvalue weighted by molar-refractivity contribution is 5.98. The first kappa shape index (κ1) is 18.7. The van der Waals surface area contributed by atoms with Crippen molar-refractivity contribution in [3.8, 4) is 17.1 Å². The number of methoxy groups -OCH3 is 1. The molecule has 29 heavy (non-hydrogen) atoms. The van der Waals surface area contributed by atoms with Gasteiger partial charge in [0, 0.05) is 37.5 Å². The summed E-state index contributed by atoms with van der Waals surface area (Å²) in [6, 6.07) is 8.51. The number of anilines is 1. The number of hydrogen-bond donors (Lipinski definition) is 1. The number of ether oxygens (including phenoxy) is 1. The van der Waals surface area contributed by atoms with Gasteiger partial charge in [0.1, 0.15) is 5.75 Å². The molecule has 1 saturated heterocycles. The van der Waals surface area contributed by atoms with Gasteiger partial charge >= 0.3 is 0 Å². The Morgan fingerprint density at radius 3 is 2.83 bits per heavy atom. The summed E-state index contributed by atoms with van der Waals surface area (Å²) in [5, 5.41) is 10.9. The third-order valence-electron chi connectivity index (χ3n) is 4.83. The van der Waals surface area contributed by atoms with Crippen molar-refractivity contribution in [2.24, 2.45) is 0 Å². The molecule has 1 atom stereocenters. The highest BCUT2D eigenvalue weighted by Gasteiger charge is 2.32. The third kappa shape index (κ3) is 3.84. The largest absolute Gasteiger partial charge is 0.497 e. The summed E-state index contributed by atoms with van der Waals surface area (Å²) >= 11 is 0. The lowest BCUT2D eigenvalue weighted by Gasteiger charge is -2.17. The van der Waals surface area contributed by atoms with Crippen LogP contribution in [0.1, 0.15) is 23.8 Å². The van der Waals surface area contributed by atoms with E-state index in [9.17, 15) is 9.59 Å². The number of aryl methyl sites for hydroxylation is 1. The van der Waals surface area contributed by atoms with E-state index in [4.69, 9.17) is 9.26 Å². The Labute approximate surface area is 167 Å². The van der Waals surface area contributed by atoms with Crippen LogP contribution in [0.25, 0.3) is 11.3 Å². The predicted molar refractivity (Wildman–Crippen MR) is 105 cm³/mol. The Morgan fingerprint density at radius 2 is 2.14 bits per heavy atom. The van der Waals surface area contributed by atoms with Crippen molar-refractivity contribution in [3.05, 3.63) is 48.4 Å². The van der Waals surface area contributed by atoms with Crippen LogP contribution in [-0.4, -0.2) is 46.4 Å². The standard InChI is InChI=1S/C20H21N5O4/c1-3-24-11-13(10-21-24)18-9-17(23-29-18)20(27)22-14-8-19(26)25(12-14)15-4-6-16(28-2)7-5-15/h4-7,9-11,14H,3,8,12H2,1-2H3,(H,22,27). The van der Waals surface area contributed by atoms with E-state index in [1.54, 1.807) is 41.1 Å². The van der Waals surface area contributed by atoms with Gasteiger partial charge in [0.05, 0.1) is 24.9 Å². The molecular formula is C20H21N5O4. The molecule has 0 bridgehead atoms. The van der Waals surface area contributed by atoms with Gasteiger partial charge in [-0.2, -0.15) is 5.10 Å². The van der Waals surface area contributed by atoms with Crippen LogP contribution < -0.4 is 15.0 Å². The molecule has 4 rings (SSSR count). The number of hydrogen-bond acceptors (Lipinski definition) is 6. The van der Waals surface area contributed by atoms with Crippen LogP contribution in [0.3, 0.4) is 0 Å². The Bertz CT molecular complexity index is 1020. The van der Waals surface area contributed by atoms with E-state index in [0.29, 0.717) is 12.3 Å². The second kappa shape index (κ2) is 7.78. The molecule has 9 heteroatoms. The highest BCUT2D eigenvalue weighted by Crippen LogP contribution is 2.24. The molecule has 2 aromatic heterocycles. The molecule has 2 amide bonds. The molecule has 1 aliphatic rings. The third-order valence-corrected chi connectivity index (χ3v) is 4.83. The molecule has 1 N–H and O–H groups in total. The lowest BCUT2D eigenvalue weighted by atomic mass is 10.2. The maximum atomic E-state index is 12.5. The number of carbonyl (C=O) groups excluding carboxylic acids is 2. The van der Waals surface area contributed by atoms with Crippen molar-refractivity contribution < 1.29 is 18.8 Å². The average molecular weight is 395 g/mol. The summed E-state index contributed by atoms with van der Waals surface area (Å²) in [4.78, 5) is 26.6. The molecular weight excluding hydrogens is 374 g/mol. The topological polar surface area (TPSA) is 102 Å². The van der Waals surface area contributed by atoms with Gasteiger partial charge in [-0.15, -0.1) is 0 Å². The van der Waals surface area contributed by atoms with Gasteiger partial charge in [-0.25, -0.2) is 0 Å². The Kier molecular flexibility index (Phi) is 5.03. The van der Waals surface area contributed by atoms with Crippen LogP contribution in [0.2, 0.25) is 0 Å². The quantitative estimate of drug-likeness (QED) is 0.686. The summed E-state index contributed by atoms with van der Waals surface area (Å²) in [5.74, 6) is 0.763. The number of benzene rings is 1. The first-order valence-electron chi connectivity index (χ1n) is 9.32. The van der Waals surface area contributed by atoms with E-state index >= 15 is 0 Å². The lowest BCUT2D eigenvalue weighted by molar-refractivity contribution is -0.117. The van der Waals surface area contributed by atoms with Crippen molar-refractivity contribution in [1.82, 2.24) is 20.3 Å². The minimum atomic E-state index is -0.378. The maximum Gasteiger partial charge on any atom is 0.273 e. The van der Waals surface area contributed by atoms with E-state index in [0.717, 1.165) is 23.5 Å². The lowest BCUT2D eigenvalue weighted by Crippen LogP contribution is -2.37. The number of amides is 2. The summed E-state index contributed by atoms with van der Waals surface area (Å²) in [7, 11) is 1.59. The average Bonchev–Trinajstić information content (AvgIpc) is 3.47. The molecule has 0 radical (unpaired) electrons. The summed E-state index contributed by atoms with van der Waals surface area (Å²) in [6.07, 6.45) is 3.71. The van der Waals surface area contributed by atoms with Crippen LogP contribution in [0.5, 0.6) is 5.75 Å². The maximum absolute atomic E-state index is 12.5. The zero-order valence-corrected chi connectivity index (χ0v) is 16.2. The van der Waals surface area contributed by atoms with Gasteiger partial charge in [-0.3, -0.25) is 14.3 Å². The van der Waals surface area contributed by atoms with E-state index in [2.05, 4.69) is 15.6 Å². The van der Waals surface area contributed by atoms with Crippen molar-refractivity contribution in [2.75, 3.05) is 18.6 Å². The molecule has 3 heterocycles. The first-order valence-corrected chi connectivity index (χ1v) is 9.32. The highest BCUT2D eigenvalue weighted by atomic mass is 16.5. The van der Waals surface area contributed by atoms with Crippen molar-refractivity contribution >= 4 is 17.5 Å². The van der Waals surface area contributed by atoms with Gasteiger partial charge in [0.25, 0.3) is 5.91 Å². The zero-order chi connectivity index (χ0) is 20.4. The van der Waals surface area contributed by atoms with Gasteiger partial charge < -0.3 is 19.5 Å². The second-order valence-corrected chi connectivity index (χ2v) is 6.74. The molecule has 1 aliphatic heterocycles. The van der Waals surface area contributed by atoms with Gasteiger partial charge in [0.2, 0.25) is 5.91 Å². The SMILES string of the molecule is CCn1cc(-c2cc(C(=O)NC3CC(=O)N(c4ccc(OC)cc4)C3)no2)cn1. The Balaban J connectivity index is 1.40. The molecule has 9 nitrogen and oxygen atoms in total. The van der Waals surface area contributed by atoms with Crippen LogP contribution in [-0.2, 0) is 11.3 Å². The van der Waals surface area contributed by atoms with Gasteiger partial charge in [-0.05, 0) is 31.2 Å². The fraction of sp³-hybridized carbons (Fsp3) is 0.300. The second-order valence-electron chi connectivity index (χ2n) is 6.74.